The zero-order valence-electron chi connectivity index (χ0n) is 11.3. The molecule has 1 heteroatoms. The average Bonchev–Trinajstić information content (AvgIpc) is 3.02. The fraction of sp³-hybridized carbons (Fsp3) is 0.111. The molecule has 19 heavy (non-hydrogen) atoms. The molecule has 3 aromatic rings. The van der Waals surface area contributed by atoms with Crippen LogP contribution in [-0.2, 0) is 0 Å². The van der Waals surface area contributed by atoms with Crippen LogP contribution in [0.25, 0.3) is 11.1 Å². The number of aryl methyl sites for hydroxylation is 1. The van der Waals surface area contributed by atoms with Crippen LogP contribution in [0.15, 0.2) is 77.6 Å². The van der Waals surface area contributed by atoms with E-state index < -0.39 is 0 Å². The molecule has 0 spiro atoms. The molecule has 0 radical (unpaired) electrons. The lowest BCUT2D eigenvalue weighted by Gasteiger charge is -2.07. The van der Waals surface area contributed by atoms with E-state index in [1.54, 1.807) is 12.5 Å². The van der Waals surface area contributed by atoms with Crippen LogP contribution < -0.4 is 0 Å². The highest BCUT2D eigenvalue weighted by atomic mass is 16.3. The van der Waals surface area contributed by atoms with Crippen molar-refractivity contribution >= 4 is 0 Å². The SMILES string of the molecule is Cc1cccc(-c2ccccc2)c1C.c1ccoc1. The molecule has 0 aliphatic carbocycles. The van der Waals surface area contributed by atoms with Crippen molar-refractivity contribution in [1.29, 1.82) is 0 Å². The Kier molecular flexibility index (Phi) is 4.57. The number of benzene rings is 2. The molecule has 0 fully saturated rings. The first-order valence-electron chi connectivity index (χ1n) is 6.38. The highest BCUT2D eigenvalue weighted by molar-refractivity contribution is 5.68. The zero-order chi connectivity index (χ0) is 13.5. The van der Waals surface area contributed by atoms with Crippen LogP contribution in [0, 0.1) is 13.8 Å². The second-order valence-corrected chi connectivity index (χ2v) is 4.41. The maximum atomic E-state index is 4.58. The summed E-state index contributed by atoms with van der Waals surface area (Å²) in [6.07, 6.45) is 3.25. The minimum atomic E-state index is 1.30. The van der Waals surface area contributed by atoms with E-state index in [4.69, 9.17) is 0 Å². The monoisotopic (exact) mass is 250 g/mol. The molecule has 0 unspecified atom stereocenters. The summed E-state index contributed by atoms with van der Waals surface area (Å²) >= 11 is 0. The average molecular weight is 250 g/mol. The van der Waals surface area contributed by atoms with Crippen molar-refractivity contribution in [2.45, 2.75) is 13.8 Å². The van der Waals surface area contributed by atoms with Gasteiger partial charge in [0.25, 0.3) is 0 Å². The Morgan fingerprint density at radius 3 is 1.95 bits per heavy atom. The number of rotatable bonds is 1. The second kappa shape index (κ2) is 6.60. The van der Waals surface area contributed by atoms with E-state index >= 15 is 0 Å². The van der Waals surface area contributed by atoms with Gasteiger partial charge < -0.3 is 4.42 Å². The Hall–Kier alpha value is -2.28. The van der Waals surface area contributed by atoms with Crippen LogP contribution in [0.2, 0.25) is 0 Å². The first kappa shape index (κ1) is 13.2. The molecule has 1 heterocycles. The van der Waals surface area contributed by atoms with Crippen molar-refractivity contribution in [3.63, 3.8) is 0 Å². The Morgan fingerprint density at radius 2 is 1.37 bits per heavy atom. The molecule has 0 atom stereocenters. The Morgan fingerprint density at radius 1 is 0.684 bits per heavy atom. The molecule has 0 saturated heterocycles. The molecule has 0 aliphatic rings. The van der Waals surface area contributed by atoms with Crippen molar-refractivity contribution in [2.24, 2.45) is 0 Å². The van der Waals surface area contributed by atoms with Crippen LogP contribution in [0.3, 0.4) is 0 Å². The largest absolute Gasteiger partial charge is 0.473 e. The van der Waals surface area contributed by atoms with E-state index in [9.17, 15) is 0 Å². The van der Waals surface area contributed by atoms with Crippen molar-refractivity contribution in [1.82, 2.24) is 0 Å². The Bertz CT molecular complexity index is 578. The quantitative estimate of drug-likeness (QED) is 0.575. The van der Waals surface area contributed by atoms with E-state index in [1.165, 1.54) is 22.3 Å². The number of furan rings is 1. The van der Waals surface area contributed by atoms with Crippen molar-refractivity contribution in [3.8, 4) is 11.1 Å². The molecule has 0 N–H and O–H groups in total. The second-order valence-electron chi connectivity index (χ2n) is 4.41. The van der Waals surface area contributed by atoms with Gasteiger partial charge in [-0.15, -0.1) is 0 Å². The van der Waals surface area contributed by atoms with Gasteiger partial charge in [-0.25, -0.2) is 0 Å². The molecule has 0 saturated carbocycles. The summed E-state index contributed by atoms with van der Waals surface area (Å²) in [6, 6.07) is 20.6. The van der Waals surface area contributed by atoms with Gasteiger partial charge in [0.1, 0.15) is 0 Å². The molecule has 96 valence electrons. The zero-order valence-corrected chi connectivity index (χ0v) is 11.3. The molecule has 0 amide bonds. The topological polar surface area (TPSA) is 13.1 Å². The summed E-state index contributed by atoms with van der Waals surface area (Å²) in [4.78, 5) is 0. The third-order valence-electron chi connectivity index (χ3n) is 3.11. The summed E-state index contributed by atoms with van der Waals surface area (Å²) in [6.45, 7) is 4.33. The molecule has 0 aliphatic heterocycles. The van der Waals surface area contributed by atoms with Gasteiger partial charge in [-0.05, 0) is 48.2 Å². The van der Waals surface area contributed by atoms with Gasteiger partial charge in [-0.1, -0.05) is 48.5 Å². The smallest absolute Gasteiger partial charge is 0.0902 e. The normalized spacial score (nSPS) is 9.58. The van der Waals surface area contributed by atoms with Gasteiger partial charge in [0.2, 0.25) is 0 Å². The van der Waals surface area contributed by atoms with E-state index in [2.05, 4.69) is 66.8 Å². The number of hydrogen-bond donors (Lipinski definition) is 0. The van der Waals surface area contributed by atoms with Crippen LogP contribution in [0.5, 0.6) is 0 Å². The minimum absolute atomic E-state index is 1.30. The summed E-state index contributed by atoms with van der Waals surface area (Å²) < 4.78 is 4.58. The molecule has 1 aromatic heterocycles. The van der Waals surface area contributed by atoms with Gasteiger partial charge in [0, 0.05) is 0 Å². The van der Waals surface area contributed by atoms with E-state index in [1.807, 2.05) is 12.1 Å². The molecule has 0 bridgehead atoms. The van der Waals surface area contributed by atoms with Crippen molar-refractivity contribution in [2.75, 3.05) is 0 Å². The summed E-state index contributed by atoms with van der Waals surface area (Å²) in [5, 5.41) is 0. The highest BCUT2D eigenvalue weighted by Gasteiger charge is 2.01. The van der Waals surface area contributed by atoms with Crippen LogP contribution in [0.4, 0.5) is 0 Å². The predicted molar refractivity (Wildman–Crippen MR) is 80.1 cm³/mol. The van der Waals surface area contributed by atoms with Gasteiger partial charge in [-0.2, -0.15) is 0 Å². The van der Waals surface area contributed by atoms with Crippen LogP contribution >= 0.6 is 0 Å². The lowest BCUT2D eigenvalue weighted by Crippen LogP contribution is -1.85. The molecule has 1 nitrogen and oxygen atoms in total. The van der Waals surface area contributed by atoms with Gasteiger partial charge in [0.15, 0.2) is 0 Å². The van der Waals surface area contributed by atoms with Gasteiger partial charge in [0.05, 0.1) is 12.5 Å². The third kappa shape index (κ3) is 3.59. The third-order valence-corrected chi connectivity index (χ3v) is 3.11. The van der Waals surface area contributed by atoms with E-state index in [-0.39, 0.29) is 0 Å². The molecule has 2 aromatic carbocycles. The van der Waals surface area contributed by atoms with Crippen molar-refractivity contribution in [3.05, 3.63) is 84.3 Å². The van der Waals surface area contributed by atoms with Gasteiger partial charge in [-0.3, -0.25) is 0 Å². The summed E-state index contributed by atoms with van der Waals surface area (Å²) in [5.74, 6) is 0. The number of hydrogen-bond acceptors (Lipinski definition) is 1. The summed E-state index contributed by atoms with van der Waals surface area (Å²) in [5.41, 5.74) is 5.37. The maximum Gasteiger partial charge on any atom is 0.0902 e. The van der Waals surface area contributed by atoms with Crippen LogP contribution in [0.1, 0.15) is 11.1 Å². The van der Waals surface area contributed by atoms with E-state index in [0.29, 0.717) is 0 Å². The fourth-order valence-corrected chi connectivity index (χ4v) is 1.91. The van der Waals surface area contributed by atoms with Gasteiger partial charge >= 0.3 is 0 Å². The Labute approximate surface area is 114 Å². The standard InChI is InChI=1S/C14H14.C4H4O/c1-11-7-6-10-14(12(11)2)13-8-4-3-5-9-13;1-2-4-5-3-1/h3-10H,1-2H3;1-4H. The lowest BCUT2D eigenvalue weighted by molar-refractivity contribution is 0.567. The minimum Gasteiger partial charge on any atom is -0.473 e. The van der Waals surface area contributed by atoms with E-state index in [0.717, 1.165) is 0 Å². The summed E-state index contributed by atoms with van der Waals surface area (Å²) in [7, 11) is 0. The Balaban J connectivity index is 0.000000224. The highest BCUT2D eigenvalue weighted by Crippen LogP contribution is 2.24. The predicted octanol–water partition coefficient (Wildman–Crippen LogP) is 5.25. The van der Waals surface area contributed by atoms with Crippen molar-refractivity contribution < 1.29 is 4.42 Å². The first-order chi connectivity index (χ1) is 9.29. The maximum absolute atomic E-state index is 4.58. The molecular weight excluding hydrogens is 232 g/mol. The first-order valence-corrected chi connectivity index (χ1v) is 6.38. The molecule has 3 rings (SSSR count). The lowest BCUT2D eigenvalue weighted by atomic mass is 9.97. The fourth-order valence-electron chi connectivity index (χ4n) is 1.91. The molecular formula is C18H18O. The van der Waals surface area contributed by atoms with Crippen LogP contribution in [-0.4, -0.2) is 0 Å².